The number of aromatic nitrogens is 2. The van der Waals surface area contributed by atoms with E-state index >= 15 is 0 Å². The summed E-state index contributed by atoms with van der Waals surface area (Å²) in [7, 11) is 1.98. The second-order valence-corrected chi connectivity index (χ2v) is 8.51. The van der Waals surface area contributed by atoms with Crippen molar-refractivity contribution in [3.8, 4) is 5.69 Å². The standard InChI is InChI=1S/C24H26F4N6O/c1-32-8-10-33(11-9-32)15-18-3-4-19(13-20(18)24(26,27)28)31-23(35)30-14-17-2-5-22(21(25)12-17)34-7-6-29-16-34/h2-7,12-13,16H,8-11,14-15H2,1H3,(H2,30,31,35). The number of likely N-dealkylation sites (N-methyl/N-ethyl adjacent to an activating group) is 1. The Bertz CT molecular complexity index is 1160. The van der Waals surface area contributed by atoms with Crippen LogP contribution in [0.2, 0.25) is 0 Å². The van der Waals surface area contributed by atoms with Crippen molar-refractivity contribution in [2.45, 2.75) is 19.3 Å². The highest BCUT2D eigenvalue weighted by Gasteiger charge is 2.34. The SMILES string of the molecule is CN1CCN(Cc2ccc(NC(=O)NCc3ccc(-n4ccnc4)c(F)c3)cc2C(F)(F)F)CC1. The highest BCUT2D eigenvalue weighted by atomic mass is 19.4. The first-order valence-electron chi connectivity index (χ1n) is 11.1. The molecule has 0 aliphatic carbocycles. The molecule has 2 aromatic carbocycles. The van der Waals surface area contributed by atoms with Crippen LogP contribution >= 0.6 is 0 Å². The lowest BCUT2D eigenvalue weighted by atomic mass is 10.0. The number of anilines is 1. The molecule has 0 saturated carbocycles. The predicted octanol–water partition coefficient (Wildman–Crippen LogP) is 4.10. The first kappa shape index (κ1) is 24.7. The molecule has 0 atom stereocenters. The van der Waals surface area contributed by atoms with Crippen LogP contribution in [-0.2, 0) is 19.3 Å². The minimum Gasteiger partial charge on any atom is -0.334 e. The molecule has 3 aromatic rings. The lowest BCUT2D eigenvalue weighted by Crippen LogP contribution is -2.44. The number of benzene rings is 2. The summed E-state index contributed by atoms with van der Waals surface area (Å²) >= 11 is 0. The predicted molar refractivity (Wildman–Crippen MR) is 124 cm³/mol. The summed E-state index contributed by atoms with van der Waals surface area (Å²) in [6.07, 6.45) is 0.0534. The van der Waals surface area contributed by atoms with Crippen LogP contribution in [0.25, 0.3) is 5.69 Å². The number of hydrogen-bond acceptors (Lipinski definition) is 4. The number of rotatable bonds is 6. The molecule has 2 N–H and O–H groups in total. The molecule has 1 aliphatic heterocycles. The molecule has 0 radical (unpaired) electrons. The Morgan fingerprint density at radius 1 is 1.09 bits per heavy atom. The van der Waals surface area contributed by atoms with Gasteiger partial charge >= 0.3 is 12.2 Å². The Kier molecular flexibility index (Phi) is 7.37. The molecule has 4 rings (SSSR count). The highest BCUT2D eigenvalue weighted by molar-refractivity contribution is 5.89. The summed E-state index contributed by atoms with van der Waals surface area (Å²) in [5, 5.41) is 4.97. The molecule has 1 saturated heterocycles. The van der Waals surface area contributed by atoms with Gasteiger partial charge in [-0.1, -0.05) is 12.1 Å². The van der Waals surface area contributed by atoms with Gasteiger partial charge in [-0.2, -0.15) is 13.2 Å². The van der Waals surface area contributed by atoms with Crippen molar-refractivity contribution in [2.24, 2.45) is 0 Å². The quantitative estimate of drug-likeness (QED) is 0.511. The van der Waals surface area contributed by atoms with E-state index in [9.17, 15) is 22.4 Å². The molecule has 2 heterocycles. The fourth-order valence-electron chi connectivity index (χ4n) is 3.93. The van der Waals surface area contributed by atoms with E-state index in [1.807, 2.05) is 11.9 Å². The number of imidazole rings is 1. The Balaban J connectivity index is 1.38. The van der Waals surface area contributed by atoms with Crippen molar-refractivity contribution >= 4 is 11.7 Å². The van der Waals surface area contributed by atoms with E-state index in [0.717, 1.165) is 19.2 Å². The fraction of sp³-hybridized carbons (Fsp3) is 0.333. The minimum absolute atomic E-state index is 0.000575. The van der Waals surface area contributed by atoms with Crippen LogP contribution in [-0.4, -0.2) is 58.6 Å². The van der Waals surface area contributed by atoms with Crippen molar-refractivity contribution < 1.29 is 22.4 Å². The third-order valence-electron chi connectivity index (χ3n) is 5.91. The van der Waals surface area contributed by atoms with Crippen LogP contribution in [0.15, 0.2) is 55.1 Å². The topological polar surface area (TPSA) is 65.4 Å². The average molecular weight is 491 g/mol. The van der Waals surface area contributed by atoms with Crippen molar-refractivity contribution in [3.63, 3.8) is 0 Å². The fourth-order valence-corrected chi connectivity index (χ4v) is 3.93. The zero-order valence-corrected chi connectivity index (χ0v) is 19.1. The van der Waals surface area contributed by atoms with Crippen molar-refractivity contribution in [3.05, 3.63) is 77.6 Å². The Morgan fingerprint density at radius 3 is 2.51 bits per heavy atom. The summed E-state index contributed by atoms with van der Waals surface area (Å²) in [4.78, 5) is 20.3. The summed E-state index contributed by atoms with van der Waals surface area (Å²) in [5.41, 5.74) is 0.235. The van der Waals surface area contributed by atoms with E-state index in [2.05, 4.69) is 20.5 Å². The van der Waals surface area contributed by atoms with Gasteiger partial charge in [-0.05, 0) is 42.4 Å². The van der Waals surface area contributed by atoms with Gasteiger partial charge in [0.15, 0.2) is 0 Å². The normalized spacial score (nSPS) is 15.2. The van der Waals surface area contributed by atoms with Crippen LogP contribution in [0.3, 0.4) is 0 Å². The van der Waals surface area contributed by atoms with Gasteiger partial charge in [0, 0.05) is 57.3 Å². The Hall–Kier alpha value is -3.44. The molecule has 35 heavy (non-hydrogen) atoms. The number of halogens is 4. The first-order chi connectivity index (χ1) is 16.7. The maximum absolute atomic E-state index is 14.4. The van der Waals surface area contributed by atoms with Gasteiger partial charge in [-0.3, -0.25) is 4.90 Å². The second-order valence-electron chi connectivity index (χ2n) is 8.51. The highest BCUT2D eigenvalue weighted by Crippen LogP contribution is 2.34. The molecule has 0 spiro atoms. The molecule has 0 unspecified atom stereocenters. The van der Waals surface area contributed by atoms with E-state index in [4.69, 9.17) is 0 Å². The van der Waals surface area contributed by atoms with Crippen LogP contribution < -0.4 is 10.6 Å². The van der Waals surface area contributed by atoms with Crippen molar-refractivity contribution in [1.29, 1.82) is 0 Å². The molecule has 1 aromatic heterocycles. The van der Waals surface area contributed by atoms with E-state index in [0.29, 0.717) is 24.3 Å². The lowest BCUT2D eigenvalue weighted by molar-refractivity contribution is -0.138. The van der Waals surface area contributed by atoms with Crippen LogP contribution in [0.1, 0.15) is 16.7 Å². The number of amides is 2. The maximum atomic E-state index is 14.4. The number of nitrogens with zero attached hydrogens (tertiary/aromatic N) is 4. The molecule has 11 heteroatoms. The van der Waals surface area contributed by atoms with Gasteiger partial charge in [0.05, 0.1) is 17.6 Å². The third kappa shape index (κ3) is 6.37. The smallest absolute Gasteiger partial charge is 0.334 e. The summed E-state index contributed by atoms with van der Waals surface area (Å²) in [6, 6.07) is 7.61. The number of nitrogens with one attached hydrogen (secondary N) is 2. The number of urea groups is 1. The number of alkyl halides is 3. The summed E-state index contributed by atoms with van der Waals surface area (Å²) in [5.74, 6) is -0.492. The molecule has 186 valence electrons. The van der Waals surface area contributed by atoms with Gasteiger partial charge in [0.2, 0.25) is 0 Å². The number of piperazine rings is 1. The number of carbonyl (C=O) groups excluding carboxylic acids is 1. The molecular weight excluding hydrogens is 464 g/mol. The Morgan fingerprint density at radius 2 is 1.86 bits per heavy atom. The molecular formula is C24H26F4N6O. The summed E-state index contributed by atoms with van der Waals surface area (Å²) in [6.45, 7) is 3.19. The molecule has 7 nitrogen and oxygen atoms in total. The lowest BCUT2D eigenvalue weighted by Gasteiger charge is -2.33. The third-order valence-corrected chi connectivity index (χ3v) is 5.91. The summed E-state index contributed by atoms with van der Waals surface area (Å²) < 4.78 is 57.1. The zero-order chi connectivity index (χ0) is 25.0. The molecule has 1 fully saturated rings. The Labute approximate surface area is 200 Å². The maximum Gasteiger partial charge on any atom is 0.416 e. The number of carbonyl (C=O) groups is 1. The van der Waals surface area contributed by atoms with E-state index in [-0.39, 0.29) is 24.3 Å². The van der Waals surface area contributed by atoms with Gasteiger partial charge < -0.3 is 20.1 Å². The van der Waals surface area contributed by atoms with E-state index in [1.165, 1.54) is 35.3 Å². The van der Waals surface area contributed by atoms with Gasteiger partial charge in [0.1, 0.15) is 5.82 Å². The molecule has 1 aliphatic rings. The van der Waals surface area contributed by atoms with Gasteiger partial charge in [0.25, 0.3) is 0 Å². The van der Waals surface area contributed by atoms with Crippen LogP contribution in [0.5, 0.6) is 0 Å². The zero-order valence-electron chi connectivity index (χ0n) is 19.1. The average Bonchev–Trinajstić information content (AvgIpc) is 3.34. The minimum atomic E-state index is -4.55. The first-order valence-corrected chi connectivity index (χ1v) is 11.1. The molecule has 2 amide bonds. The largest absolute Gasteiger partial charge is 0.416 e. The van der Waals surface area contributed by atoms with Crippen molar-refractivity contribution in [1.82, 2.24) is 24.7 Å². The van der Waals surface area contributed by atoms with Gasteiger partial charge in [-0.15, -0.1) is 0 Å². The van der Waals surface area contributed by atoms with Crippen LogP contribution in [0.4, 0.5) is 28.0 Å². The molecule has 0 bridgehead atoms. The van der Waals surface area contributed by atoms with E-state index in [1.54, 1.807) is 18.3 Å². The number of hydrogen-bond donors (Lipinski definition) is 2. The monoisotopic (exact) mass is 490 g/mol. The second kappa shape index (κ2) is 10.4. The van der Waals surface area contributed by atoms with E-state index < -0.39 is 23.6 Å². The van der Waals surface area contributed by atoms with Crippen LogP contribution in [0, 0.1) is 5.82 Å². The van der Waals surface area contributed by atoms with Gasteiger partial charge in [-0.25, -0.2) is 14.2 Å². The van der Waals surface area contributed by atoms with Crippen molar-refractivity contribution in [2.75, 3.05) is 38.5 Å².